The highest BCUT2D eigenvalue weighted by Gasteiger charge is 2.27. The molecule has 7 heteroatoms. The van der Waals surface area contributed by atoms with Gasteiger partial charge >= 0.3 is 0 Å². The molecule has 0 radical (unpaired) electrons. The molecule has 160 valence electrons. The average Bonchev–Trinajstić information content (AvgIpc) is 3.05. The lowest BCUT2D eigenvalue weighted by Gasteiger charge is -2.32. The van der Waals surface area contributed by atoms with Crippen LogP contribution >= 0.6 is 0 Å². The van der Waals surface area contributed by atoms with E-state index in [9.17, 15) is 9.59 Å². The van der Waals surface area contributed by atoms with Gasteiger partial charge in [-0.3, -0.25) is 9.59 Å². The van der Waals surface area contributed by atoms with Crippen molar-refractivity contribution in [1.29, 1.82) is 0 Å². The van der Waals surface area contributed by atoms with E-state index in [-0.39, 0.29) is 11.8 Å². The van der Waals surface area contributed by atoms with Gasteiger partial charge in [-0.2, -0.15) is 0 Å². The third kappa shape index (κ3) is 4.01. The number of aromatic nitrogens is 1. The number of nitrogens with zero attached hydrogens (tertiary/aromatic N) is 2. The van der Waals surface area contributed by atoms with E-state index in [1.54, 1.807) is 0 Å². The summed E-state index contributed by atoms with van der Waals surface area (Å²) >= 11 is 0. The summed E-state index contributed by atoms with van der Waals surface area (Å²) in [4.78, 5) is 26.3. The van der Waals surface area contributed by atoms with Gasteiger partial charge in [0.05, 0.1) is 5.56 Å². The number of ether oxygens (including phenoxy) is 2. The van der Waals surface area contributed by atoms with Crippen molar-refractivity contribution in [2.75, 3.05) is 32.8 Å². The highest BCUT2D eigenvalue weighted by atomic mass is 16.6. The molecule has 2 aliphatic rings. The Hall–Kier alpha value is -2.96. The lowest BCUT2D eigenvalue weighted by Crippen LogP contribution is -2.41. The normalized spacial score (nSPS) is 16.4. The molecule has 2 amide bonds. The van der Waals surface area contributed by atoms with Gasteiger partial charge in [0.1, 0.15) is 13.2 Å². The van der Waals surface area contributed by atoms with Crippen molar-refractivity contribution < 1.29 is 19.1 Å². The smallest absolute Gasteiger partial charge is 0.255 e. The maximum Gasteiger partial charge on any atom is 0.255 e. The number of fused-ring (bicyclic) bond motifs is 1. The monoisotopic (exact) mass is 411 g/mol. The molecule has 1 fully saturated rings. The number of carbonyl (C=O) groups is 2. The minimum Gasteiger partial charge on any atom is -0.486 e. The maximum absolute atomic E-state index is 13.2. The fraction of sp³-hybridized carbons (Fsp3) is 0.478. The minimum absolute atomic E-state index is 0.0000797. The zero-order chi connectivity index (χ0) is 21.3. The van der Waals surface area contributed by atoms with Gasteiger partial charge in [0.2, 0.25) is 5.91 Å². The van der Waals surface area contributed by atoms with E-state index in [0.29, 0.717) is 25.7 Å². The molecule has 0 aliphatic carbocycles. The zero-order valence-corrected chi connectivity index (χ0v) is 17.9. The molecule has 1 aromatic carbocycles. The van der Waals surface area contributed by atoms with Crippen molar-refractivity contribution in [2.24, 2.45) is 5.92 Å². The van der Waals surface area contributed by atoms with Crippen LogP contribution in [0.2, 0.25) is 0 Å². The first-order valence-corrected chi connectivity index (χ1v) is 10.6. The molecule has 7 nitrogen and oxygen atoms in total. The van der Waals surface area contributed by atoms with Crippen molar-refractivity contribution in [3.63, 3.8) is 0 Å². The molecule has 1 N–H and O–H groups in total. The molecule has 0 spiro atoms. The van der Waals surface area contributed by atoms with Crippen LogP contribution in [0.25, 0.3) is 5.69 Å². The third-order valence-electron chi connectivity index (χ3n) is 5.99. The van der Waals surface area contributed by atoms with Crippen LogP contribution in [0.15, 0.2) is 24.3 Å². The Morgan fingerprint density at radius 3 is 2.47 bits per heavy atom. The highest BCUT2D eigenvalue weighted by Crippen LogP contribution is 2.33. The van der Waals surface area contributed by atoms with Crippen LogP contribution in [0.5, 0.6) is 11.5 Å². The van der Waals surface area contributed by atoms with Crippen molar-refractivity contribution in [3.05, 3.63) is 41.2 Å². The molecule has 0 saturated carbocycles. The number of carbonyl (C=O) groups excluding carboxylic acids is 2. The number of piperidine rings is 1. The van der Waals surface area contributed by atoms with Crippen LogP contribution in [0.3, 0.4) is 0 Å². The Balaban J connectivity index is 1.50. The number of rotatable bonds is 4. The molecule has 30 heavy (non-hydrogen) atoms. The summed E-state index contributed by atoms with van der Waals surface area (Å²) in [6.07, 6.45) is 1.82. The molecule has 4 rings (SSSR count). The molecule has 2 aliphatic heterocycles. The van der Waals surface area contributed by atoms with E-state index in [0.717, 1.165) is 60.1 Å². The summed E-state index contributed by atoms with van der Waals surface area (Å²) in [6, 6.07) is 7.85. The quantitative estimate of drug-likeness (QED) is 0.840. The third-order valence-corrected chi connectivity index (χ3v) is 5.99. The summed E-state index contributed by atoms with van der Waals surface area (Å²) in [5.41, 5.74) is 3.63. The minimum atomic E-state index is 0.0000797. The fourth-order valence-corrected chi connectivity index (χ4v) is 4.35. The van der Waals surface area contributed by atoms with Gasteiger partial charge in [0.25, 0.3) is 5.91 Å². The number of hydrogen-bond acceptors (Lipinski definition) is 4. The first kappa shape index (κ1) is 20.3. The molecular weight excluding hydrogens is 382 g/mol. The lowest BCUT2D eigenvalue weighted by atomic mass is 9.96. The van der Waals surface area contributed by atoms with E-state index in [1.807, 2.05) is 43.0 Å². The summed E-state index contributed by atoms with van der Waals surface area (Å²) < 4.78 is 13.4. The average molecular weight is 412 g/mol. The molecule has 1 aromatic heterocycles. The molecule has 0 atom stereocenters. The highest BCUT2D eigenvalue weighted by molar-refractivity contribution is 5.96. The summed E-state index contributed by atoms with van der Waals surface area (Å²) in [7, 11) is 0. The Labute approximate surface area is 177 Å². The topological polar surface area (TPSA) is 72.8 Å². The SMILES string of the molecule is CC(=O)NCC1CCN(C(=O)c2cc(C)n(-c3ccc4c(c3)OCCO4)c2C)CC1. The van der Waals surface area contributed by atoms with Gasteiger partial charge < -0.3 is 24.3 Å². The van der Waals surface area contributed by atoms with Gasteiger partial charge in [-0.15, -0.1) is 0 Å². The van der Waals surface area contributed by atoms with Gasteiger partial charge in [0, 0.05) is 49.7 Å². The first-order chi connectivity index (χ1) is 14.4. The first-order valence-electron chi connectivity index (χ1n) is 10.6. The van der Waals surface area contributed by atoms with E-state index in [1.165, 1.54) is 6.92 Å². The maximum atomic E-state index is 13.2. The second-order valence-corrected chi connectivity index (χ2v) is 8.12. The summed E-state index contributed by atoms with van der Waals surface area (Å²) in [5, 5.41) is 2.89. The molecule has 3 heterocycles. The Kier molecular flexibility index (Phi) is 5.70. The second-order valence-electron chi connectivity index (χ2n) is 8.12. The van der Waals surface area contributed by atoms with Crippen molar-refractivity contribution >= 4 is 11.8 Å². The summed E-state index contributed by atoms with van der Waals surface area (Å²) in [6.45, 7) is 8.77. The molecule has 0 unspecified atom stereocenters. The Bertz CT molecular complexity index is 958. The van der Waals surface area contributed by atoms with Gasteiger partial charge in [-0.1, -0.05) is 0 Å². The van der Waals surface area contributed by atoms with Gasteiger partial charge in [-0.25, -0.2) is 0 Å². The van der Waals surface area contributed by atoms with Crippen molar-refractivity contribution in [2.45, 2.75) is 33.6 Å². The van der Waals surface area contributed by atoms with Crippen molar-refractivity contribution in [3.8, 4) is 17.2 Å². The number of nitrogens with one attached hydrogen (secondary N) is 1. The number of likely N-dealkylation sites (tertiary alicyclic amines) is 1. The number of amides is 2. The molecular formula is C23H29N3O4. The van der Waals surface area contributed by atoms with E-state index >= 15 is 0 Å². The zero-order valence-electron chi connectivity index (χ0n) is 17.9. The number of aryl methyl sites for hydroxylation is 1. The van der Waals surface area contributed by atoms with E-state index < -0.39 is 0 Å². The summed E-state index contributed by atoms with van der Waals surface area (Å²) in [5.74, 6) is 2.00. The van der Waals surface area contributed by atoms with Crippen LogP contribution in [0.1, 0.15) is 41.5 Å². The largest absolute Gasteiger partial charge is 0.486 e. The van der Waals surface area contributed by atoms with E-state index in [4.69, 9.17) is 9.47 Å². The second kappa shape index (κ2) is 8.42. The van der Waals surface area contributed by atoms with Crippen LogP contribution in [-0.2, 0) is 4.79 Å². The number of hydrogen-bond donors (Lipinski definition) is 1. The lowest BCUT2D eigenvalue weighted by molar-refractivity contribution is -0.119. The number of benzene rings is 1. The van der Waals surface area contributed by atoms with Crippen LogP contribution in [0, 0.1) is 19.8 Å². The molecule has 2 aromatic rings. The van der Waals surface area contributed by atoms with Crippen molar-refractivity contribution in [1.82, 2.24) is 14.8 Å². The van der Waals surface area contributed by atoms with Crippen LogP contribution < -0.4 is 14.8 Å². The Morgan fingerprint density at radius 1 is 1.07 bits per heavy atom. The molecule has 0 bridgehead atoms. The fourth-order valence-electron chi connectivity index (χ4n) is 4.35. The Morgan fingerprint density at radius 2 is 1.77 bits per heavy atom. The predicted octanol–water partition coefficient (Wildman–Crippen LogP) is 2.85. The standard InChI is InChI=1S/C23H29N3O4/c1-15-12-20(23(28)25-8-6-18(7-9-25)14-24-17(3)27)16(2)26(15)19-4-5-21-22(13-19)30-11-10-29-21/h4-5,12-13,18H,6-11,14H2,1-3H3,(H,24,27). The van der Waals surface area contributed by atoms with Crippen LogP contribution in [0.4, 0.5) is 0 Å². The molecule has 1 saturated heterocycles. The van der Waals surface area contributed by atoms with Gasteiger partial charge in [0.15, 0.2) is 11.5 Å². The van der Waals surface area contributed by atoms with Crippen LogP contribution in [-0.4, -0.2) is 54.1 Å². The van der Waals surface area contributed by atoms with E-state index in [2.05, 4.69) is 9.88 Å². The van der Waals surface area contributed by atoms with Gasteiger partial charge in [-0.05, 0) is 50.8 Å². The predicted molar refractivity (Wildman–Crippen MR) is 114 cm³/mol.